The van der Waals surface area contributed by atoms with E-state index in [1.54, 1.807) is 20.8 Å². The Bertz CT molecular complexity index is 614. The Morgan fingerprint density at radius 3 is 2.56 bits per heavy atom. The highest BCUT2D eigenvalue weighted by molar-refractivity contribution is 5.89. The number of ether oxygens (including phenoxy) is 2. The van der Waals surface area contributed by atoms with Crippen LogP contribution in [0.3, 0.4) is 0 Å². The van der Waals surface area contributed by atoms with Gasteiger partial charge in [-0.25, -0.2) is 14.6 Å². The number of carbonyl (C=O) groups is 2. The second kappa shape index (κ2) is 8.63. The molecule has 0 bridgehead atoms. The van der Waals surface area contributed by atoms with Crippen molar-refractivity contribution < 1.29 is 29.3 Å². The van der Waals surface area contributed by atoms with Gasteiger partial charge in [-0.3, -0.25) is 0 Å². The Hall–Kier alpha value is -2.39. The number of nitrogens with two attached hydrogens (primary N) is 1. The first-order chi connectivity index (χ1) is 11.5. The number of nitrogens with zero attached hydrogens (tertiary/aromatic N) is 1. The maximum Gasteiger partial charge on any atom is 0.407 e. The van der Waals surface area contributed by atoms with Gasteiger partial charge in [0.1, 0.15) is 17.5 Å². The summed E-state index contributed by atoms with van der Waals surface area (Å²) < 4.78 is 9.64. The first-order valence-electron chi connectivity index (χ1n) is 7.72. The second-order valence-electron chi connectivity index (χ2n) is 6.42. The zero-order valence-electron chi connectivity index (χ0n) is 14.8. The van der Waals surface area contributed by atoms with Crippen LogP contribution in [-0.4, -0.2) is 52.6 Å². The number of alkyl carbamates (subject to hydrolysis) is 1. The van der Waals surface area contributed by atoms with E-state index in [9.17, 15) is 19.8 Å². The lowest BCUT2D eigenvalue weighted by molar-refractivity contribution is 0.0124. The van der Waals surface area contributed by atoms with Crippen LogP contribution in [0.15, 0.2) is 12.3 Å². The average Bonchev–Trinajstić information content (AvgIpc) is 2.52. The van der Waals surface area contributed by atoms with E-state index in [0.717, 1.165) is 0 Å². The topological polar surface area (TPSA) is 144 Å². The van der Waals surface area contributed by atoms with Gasteiger partial charge >= 0.3 is 12.1 Å². The largest absolute Gasteiger partial charge is 0.465 e. The molecule has 1 rings (SSSR count). The number of aliphatic hydroxyl groups excluding tert-OH is 2. The molecule has 0 aliphatic rings. The standard InChI is InChI=1S/C16H25N3O6/c1-16(2,3)25-15(23)18-6-5-11(20)12(21)10-7-9(14(22)24-4)8-19-13(10)17/h7-8,11-12,20-21H,5-6H2,1-4H3,(H2,17,19)(H,18,23). The molecule has 0 spiro atoms. The van der Waals surface area contributed by atoms with Crippen molar-refractivity contribution in [1.82, 2.24) is 10.3 Å². The molecule has 0 saturated carbocycles. The minimum absolute atomic E-state index is 0.0145. The van der Waals surface area contributed by atoms with Gasteiger partial charge in [0.25, 0.3) is 0 Å². The molecule has 0 radical (unpaired) electrons. The number of nitrogen functional groups attached to an aromatic ring is 1. The summed E-state index contributed by atoms with van der Waals surface area (Å²) in [7, 11) is 1.21. The van der Waals surface area contributed by atoms with Gasteiger partial charge in [-0.05, 0) is 33.3 Å². The molecule has 0 aliphatic carbocycles. The molecule has 5 N–H and O–H groups in total. The zero-order chi connectivity index (χ0) is 19.2. The molecule has 1 aromatic rings. The Labute approximate surface area is 146 Å². The van der Waals surface area contributed by atoms with Crippen LogP contribution in [0.5, 0.6) is 0 Å². The van der Waals surface area contributed by atoms with Crippen molar-refractivity contribution in [1.29, 1.82) is 0 Å². The highest BCUT2D eigenvalue weighted by Crippen LogP contribution is 2.24. The summed E-state index contributed by atoms with van der Waals surface area (Å²) in [5.41, 5.74) is 5.27. The van der Waals surface area contributed by atoms with E-state index in [1.165, 1.54) is 19.4 Å². The number of nitrogens with one attached hydrogen (secondary N) is 1. The molecule has 2 atom stereocenters. The Kier molecular flexibility index (Phi) is 7.13. The number of methoxy groups -OCH3 is 1. The van der Waals surface area contributed by atoms with Crippen LogP contribution >= 0.6 is 0 Å². The highest BCUT2D eigenvalue weighted by atomic mass is 16.6. The number of rotatable bonds is 6. The van der Waals surface area contributed by atoms with E-state index >= 15 is 0 Å². The van der Waals surface area contributed by atoms with Crippen molar-refractivity contribution in [2.45, 2.75) is 45.0 Å². The first-order valence-corrected chi connectivity index (χ1v) is 7.72. The van der Waals surface area contributed by atoms with E-state index in [-0.39, 0.29) is 29.9 Å². The van der Waals surface area contributed by atoms with Gasteiger partial charge < -0.3 is 30.7 Å². The molecule has 0 saturated heterocycles. The fraction of sp³-hybridized carbons (Fsp3) is 0.562. The van der Waals surface area contributed by atoms with E-state index in [1.807, 2.05) is 0 Å². The van der Waals surface area contributed by atoms with E-state index in [4.69, 9.17) is 10.5 Å². The van der Waals surface area contributed by atoms with E-state index in [0.29, 0.717) is 0 Å². The molecule has 0 fully saturated rings. The van der Waals surface area contributed by atoms with Gasteiger partial charge in [0, 0.05) is 18.3 Å². The van der Waals surface area contributed by atoms with Gasteiger partial charge in [0.2, 0.25) is 0 Å². The van der Waals surface area contributed by atoms with Crippen molar-refractivity contribution in [2.24, 2.45) is 0 Å². The number of esters is 1. The summed E-state index contributed by atoms with van der Waals surface area (Å²) in [5.74, 6) is -0.652. The lowest BCUT2D eigenvalue weighted by atomic mass is 10.0. The summed E-state index contributed by atoms with van der Waals surface area (Å²) in [6, 6.07) is 1.31. The SMILES string of the molecule is COC(=O)c1cnc(N)c(C(O)C(O)CCNC(=O)OC(C)(C)C)c1. The normalized spacial score (nSPS) is 13.7. The number of pyridine rings is 1. The van der Waals surface area contributed by atoms with Crippen molar-refractivity contribution in [3.63, 3.8) is 0 Å². The smallest absolute Gasteiger partial charge is 0.407 e. The van der Waals surface area contributed by atoms with Crippen LogP contribution in [0.2, 0.25) is 0 Å². The summed E-state index contributed by atoms with van der Waals surface area (Å²) in [4.78, 5) is 26.9. The Balaban J connectivity index is 2.66. The van der Waals surface area contributed by atoms with Crippen LogP contribution in [0.1, 0.15) is 49.2 Å². The van der Waals surface area contributed by atoms with Crippen LogP contribution in [0, 0.1) is 0 Å². The molecular formula is C16H25N3O6. The number of anilines is 1. The van der Waals surface area contributed by atoms with Crippen molar-refractivity contribution in [3.8, 4) is 0 Å². The number of aliphatic hydroxyl groups is 2. The highest BCUT2D eigenvalue weighted by Gasteiger charge is 2.23. The first kappa shape index (κ1) is 20.7. The van der Waals surface area contributed by atoms with Gasteiger partial charge in [0.15, 0.2) is 0 Å². The third-order valence-electron chi connectivity index (χ3n) is 3.16. The van der Waals surface area contributed by atoms with Gasteiger partial charge in [-0.2, -0.15) is 0 Å². The average molecular weight is 355 g/mol. The molecule has 2 unspecified atom stereocenters. The number of carbonyl (C=O) groups excluding carboxylic acids is 2. The van der Waals surface area contributed by atoms with Crippen LogP contribution < -0.4 is 11.1 Å². The number of aromatic nitrogens is 1. The quantitative estimate of drug-likeness (QED) is 0.547. The van der Waals surface area contributed by atoms with Crippen LogP contribution in [0.4, 0.5) is 10.6 Å². The maximum atomic E-state index is 11.5. The molecule has 0 aliphatic heterocycles. The monoisotopic (exact) mass is 355 g/mol. The van der Waals surface area contributed by atoms with Gasteiger partial charge in [-0.1, -0.05) is 0 Å². The summed E-state index contributed by atoms with van der Waals surface area (Å²) >= 11 is 0. The van der Waals surface area contributed by atoms with Gasteiger partial charge in [0.05, 0.1) is 18.8 Å². The summed E-state index contributed by atoms with van der Waals surface area (Å²) in [6.07, 6.45) is -1.97. The lowest BCUT2D eigenvalue weighted by Crippen LogP contribution is -2.34. The van der Waals surface area contributed by atoms with Crippen molar-refractivity contribution in [2.75, 3.05) is 19.4 Å². The molecule has 140 valence electrons. The van der Waals surface area contributed by atoms with E-state index in [2.05, 4.69) is 15.0 Å². The molecule has 9 nitrogen and oxygen atoms in total. The van der Waals surface area contributed by atoms with Crippen molar-refractivity contribution >= 4 is 17.9 Å². The predicted octanol–water partition coefficient (Wildman–Crippen LogP) is 0.759. The third-order valence-corrected chi connectivity index (χ3v) is 3.16. The number of hydrogen-bond acceptors (Lipinski definition) is 8. The Morgan fingerprint density at radius 2 is 2.00 bits per heavy atom. The van der Waals surface area contributed by atoms with Crippen LogP contribution in [-0.2, 0) is 9.47 Å². The summed E-state index contributed by atoms with van der Waals surface area (Å²) in [5, 5.41) is 22.8. The van der Waals surface area contributed by atoms with Crippen LogP contribution in [0.25, 0.3) is 0 Å². The molecular weight excluding hydrogens is 330 g/mol. The molecule has 1 aromatic heterocycles. The Morgan fingerprint density at radius 1 is 1.36 bits per heavy atom. The molecule has 1 amide bonds. The fourth-order valence-corrected chi connectivity index (χ4v) is 1.96. The summed E-state index contributed by atoms with van der Waals surface area (Å²) in [6.45, 7) is 5.27. The lowest BCUT2D eigenvalue weighted by Gasteiger charge is -2.21. The minimum atomic E-state index is -1.38. The van der Waals surface area contributed by atoms with E-state index < -0.39 is 29.9 Å². The third kappa shape index (κ3) is 6.55. The molecule has 0 aromatic carbocycles. The fourth-order valence-electron chi connectivity index (χ4n) is 1.96. The zero-order valence-corrected chi connectivity index (χ0v) is 14.8. The van der Waals surface area contributed by atoms with Crippen molar-refractivity contribution in [3.05, 3.63) is 23.4 Å². The maximum absolute atomic E-state index is 11.5. The molecule has 9 heteroatoms. The number of hydrogen-bond donors (Lipinski definition) is 4. The number of amides is 1. The predicted molar refractivity (Wildman–Crippen MR) is 89.8 cm³/mol. The second-order valence-corrected chi connectivity index (χ2v) is 6.42. The molecule has 1 heterocycles. The van der Waals surface area contributed by atoms with Gasteiger partial charge in [-0.15, -0.1) is 0 Å². The minimum Gasteiger partial charge on any atom is -0.465 e. The molecule has 25 heavy (non-hydrogen) atoms.